The number of benzene rings is 2. The maximum atomic E-state index is 5.55. The summed E-state index contributed by atoms with van der Waals surface area (Å²) >= 11 is 0. The van der Waals surface area contributed by atoms with E-state index in [2.05, 4.69) is 60.9 Å². The molecule has 0 saturated carbocycles. The van der Waals surface area contributed by atoms with Crippen molar-refractivity contribution >= 4 is 11.4 Å². The van der Waals surface area contributed by atoms with Crippen LogP contribution in [-0.2, 0) is 6.42 Å². The molecular formula is C21H32N4. The number of nitrogens with two attached hydrogens (primary N) is 2. The molecule has 0 aliphatic heterocycles. The van der Waals surface area contributed by atoms with Gasteiger partial charge in [-0.15, -0.1) is 0 Å². The van der Waals surface area contributed by atoms with Crippen molar-refractivity contribution in [2.45, 2.75) is 33.1 Å². The smallest absolute Gasteiger partial charge is 0.0370 e. The van der Waals surface area contributed by atoms with Gasteiger partial charge in [-0.25, -0.2) is 0 Å². The summed E-state index contributed by atoms with van der Waals surface area (Å²) < 4.78 is 0. The Balaban J connectivity index is 1.99. The van der Waals surface area contributed by atoms with Gasteiger partial charge >= 0.3 is 0 Å². The highest BCUT2D eigenvalue weighted by atomic mass is 14.9. The number of anilines is 2. The molecule has 0 heterocycles. The normalized spacial score (nSPS) is 10.7. The maximum absolute atomic E-state index is 5.55. The molecule has 0 bridgehead atoms. The van der Waals surface area contributed by atoms with Gasteiger partial charge in [0.25, 0.3) is 0 Å². The van der Waals surface area contributed by atoms with Gasteiger partial charge in [0.1, 0.15) is 0 Å². The van der Waals surface area contributed by atoms with Crippen LogP contribution in [0.1, 0.15) is 35.1 Å². The van der Waals surface area contributed by atoms with Crippen molar-refractivity contribution in [3.63, 3.8) is 0 Å². The summed E-state index contributed by atoms with van der Waals surface area (Å²) in [6, 6.07) is 13.3. The van der Waals surface area contributed by atoms with Crippen molar-refractivity contribution in [3.05, 3.63) is 58.7 Å². The first kappa shape index (κ1) is 19.3. The van der Waals surface area contributed by atoms with Crippen molar-refractivity contribution in [1.29, 1.82) is 0 Å². The minimum Gasteiger partial charge on any atom is -0.385 e. The average molecular weight is 341 g/mol. The summed E-state index contributed by atoms with van der Waals surface area (Å²) in [7, 11) is 0. The predicted molar refractivity (Wildman–Crippen MR) is 109 cm³/mol. The summed E-state index contributed by atoms with van der Waals surface area (Å²) in [5.41, 5.74) is 18.7. The van der Waals surface area contributed by atoms with Crippen LogP contribution >= 0.6 is 0 Å². The fourth-order valence-electron chi connectivity index (χ4n) is 2.95. The zero-order valence-electron chi connectivity index (χ0n) is 15.6. The molecule has 4 nitrogen and oxygen atoms in total. The van der Waals surface area contributed by atoms with Crippen molar-refractivity contribution in [2.24, 2.45) is 11.5 Å². The second-order valence-electron chi connectivity index (χ2n) is 6.61. The third-order valence-electron chi connectivity index (χ3n) is 4.38. The molecule has 0 aliphatic carbocycles. The number of aryl methyl sites for hydroxylation is 2. The molecule has 0 saturated heterocycles. The van der Waals surface area contributed by atoms with Crippen LogP contribution in [0.2, 0.25) is 0 Å². The van der Waals surface area contributed by atoms with Crippen LogP contribution in [0.5, 0.6) is 0 Å². The van der Waals surface area contributed by atoms with Crippen LogP contribution in [0.25, 0.3) is 0 Å². The lowest BCUT2D eigenvalue weighted by molar-refractivity contribution is 0.873. The van der Waals surface area contributed by atoms with E-state index < -0.39 is 0 Å². The summed E-state index contributed by atoms with van der Waals surface area (Å²) in [6.07, 6.45) is 2.94. The summed E-state index contributed by atoms with van der Waals surface area (Å²) in [5, 5.41) is 6.90. The number of rotatable bonds is 10. The lowest BCUT2D eigenvalue weighted by Crippen LogP contribution is -2.09. The lowest BCUT2D eigenvalue weighted by atomic mass is 10.00. The van der Waals surface area contributed by atoms with Crippen molar-refractivity contribution in [2.75, 3.05) is 36.8 Å². The quantitative estimate of drug-likeness (QED) is 0.500. The van der Waals surface area contributed by atoms with Crippen molar-refractivity contribution < 1.29 is 0 Å². The third kappa shape index (κ3) is 6.07. The van der Waals surface area contributed by atoms with Crippen LogP contribution < -0.4 is 22.1 Å². The number of hydrogen-bond donors (Lipinski definition) is 4. The fraction of sp³-hybridized carbons (Fsp3) is 0.429. The largest absolute Gasteiger partial charge is 0.385 e. The second-order valence-corrected chi connectivity index (χ2v) is 6.61. The second kappa shape index (κ2) is 10.1. The average Bonchev–Trinajstić information content (AvgIpc) is 2.59. The van der Waals surface area contributed by atoms with Gasteiger partial charge < -0.3 is 22.1 Å². The van der Waals surface area contributed by atoms with E-state index in [0.717, 1.165) is 45.4 Å². The molecular weight excluding hydrogens is 308 g/mol. The van der Waals surface area contributed by atoms with Crippen LogP contribution in [0.4, 0.5) is 11.4 Å². The fourth-order valence-corrected chi connectivity index (χ4v) is 2.95. The van der Waals surface area contributed by atoms with Gasteiger partial charge in [0.2, 0.25) is 0 Å². The molecule has 136 valence electrons. The minimum absolute atomic E-state index is 0.723. The Labute approximate surface area is 152 Å². The molecule has 2 rings (SSSR count). The molecule has 0 aliphatic rings. The molecule has 0 fully saturated rings. The van der Waals surface area contributed by atoms with E-state index in [1.165, 1.54) is 33.6 Å². The topological polar surface area (TPSA) is 76.1 Å². The predicted octanol–water partition coefficient (Wildman–Crippen LogP) is 3.42. The van der Waals surface area contributed by atoms with E-state index in [9.17, 15) is 0 Å². The van der Waals surface area contributed by atoms with Crippen LogP contribution in [-0.4, -0.2) is 26.2 Å². The first-order valence-electron chi connectivity index (χ1n) is 9.21. The highest BCUT2D eigenvalue weighted by Crippen LogP contribution is 2.21. The first-order valence-corrected chi connectivity index (χ1v) is 9.21. The minimum atomic E-state index is 0.723. The zero-order valence-corrected chi connectivity index (χ0v) is 15.6. The maximum Gasteiger partial charge on any atom is 0.0370 e. The Hall–Kier alpha value is -2.04. The van der Waals surface area contributed by atoms with Gasteiger partial charge in [0.15, 0.2) is 0 Å². The monoisotopic (exact) mass is 340 g/mol. The van der Waals surface area contributed by atoms with E-state index in [0.29, 0.717) is 0 Å². The van der Waals surface area contributed by atoms with Gasteiger partial charge in [-0.3, -0.25) is 0 Å². The highest BCUT2D eigenvalue weighted by molar-refractivity contribution is 5.54. The van der Waals surface area contributed by atoms with Gasteiger partial charge in [-0.05, 0) is 80.6 Å². The molecule has 0 aromatic heterocycles. The van der Waals surface area contributed by atoms with Gasteiger partial charge in [0.05, 0.1) is 0 Å². The number of hydrogen-bond acceptors (Lipinski definition) is 4. The summed E-state index contributed by atoms with van der Waals surface area (Å²) in [5.74, 6) is 0. The molecule has 0 atom stereocenters. The third-order valence-corrected chi connectivity index (χ3v) is 4.38. The van der Waals surface area contributed by atoms with E-state index in [1.807, 2.05) is 0 Å². The van der Waals surface area contributed by atoms with Crippen molar-refractivity contribution in [1.82, 2.24) is 0 Å². The highest BCUT2D eigenvalue weighted by Gasteiger charge is 2.04. The lowest BCUT2D eigenvalue weighted by Gasteiger charge is -2.13. The first-order chi connectivity index (χ1) is 12.1. The van der Waals surface area contributed by atoms with Gasteiger partial charge in [-0.1, -0.05) is 24.3 Å². The Morgan fingerprint density at radius 1 is 0.720 bits per heavy atom. The Kier molecular flexibility index (Phi) is 7.76. The SMILES string of the molecule is Cc1cc(Cc2ccc(NCCCN)c(C)c2)ccc1NCCCN. The Morgan fingerprint density at radius 3 is 1.52 bits per heavy atom. The Bertz CT molecular complexity index is 609. The van der Waals surface area contributed by atoms with Gasteiger partial charge in [-0.2, -0.15) is 0 Å². The molecule has 0 spiro atoms. The Morgan fingerprint density at radius 2 is 1.16 bits per heavy atom. The molecule has 2 aromatic carbocycles. The van der Waals surface area contributed by atoms with Crippen LogP contribution in [0, 0.1) is 13.8 Å². The molecule has 2 aromatic rings. The van der Waals surface area contributed by atoms with E-state index >= 15 is 0 Å². The summed E-state index contributed by atoms with van der Waals surface area (Å²) in [6.45, 7) is 7.61. The van der Waals surface area contributed by atoms with E-state index in [4.69, 9.17) is 11.5 Å². The van der Waals surface area contributed by atoms with Crippen LogP contribution in [0.15, 0.2) is 36.4 Å². The molecule has 6 N–H and O–H groups in total. The standard InChI is InChI=1S/C21H32N4/c1-16-13-18(5-7-20(16)24-11-3-9-22)15-19-6-8-21(17(2)14-19)25-12-4-10-23/h5-8,13-14,24-25H,3-4,9-12,15,22-23H2,1-2H3. The molecule has 25 heavy (non-hydrogen) atoms. The van der Waals surface area contributed by atoms with E-state index in [1.54, 1.807) is 0 Å². The zero-order chi connectivity index (χ0) is 18.1. The molecule has 4 heteroatoms. The van der Waals surface area contributed by atoms with E-state index in [-0.39, 0.29) is 0 Å². The van der Waals surface area contributed by atoms with Gasteiger partial charge in [0, 0.05) is 24.5 Å². The molecule has 0 unspecified atom stereocenters. The van der Waals surface area contributed by atoms with Crippen molar-refractivity contribution in [3.8, 4) is 0 Å². The molecule has 0 amide bonds. The van der Waals surface area contributed by atoms with Crippen LogP contribution in [0.3, 0.4) is 0 Å². The number of nitrogens with one attached hydrogen (secondary N) is 2. The summed E-state index contributed by atoms with van der Waals surface area (Å²) in [4.78, 5) is 0. The molecule has 0 radical (unpaired) electrons.